The molecule has 3 saturated heterocycles. The van der Waals surface area contributed by atoms with Crippen molar-refractivity contribution >= 4 is 23.0 Å². The highest BCUT2D eigenvalue weighted by Crippen LogP contribution is 2.33. The second-order valence-electron chi connectivity index (χ2n) is 10.2. The molecule has 1 unspecified atom stereocenters. The molecule has 7 nitrogen and oxygen atoms in total. The highest BCUT2D eigenvalue weighted by molar-refractivity contribution is 6.04. The lowest BCUT2D eigenvalue weighted by Crippen LogP contribution is -2.55. The third-order valence-corrected chi connectivity index (χ3v) is 7.54. The maximum Gasteiger partial charge on any atom is 0.298 e. The molecule has 0 spiro atoms. The molecule has 2 bridgehead atoms. The molecule has 0 aliphatic carbocycles. The van der Waals surface area contributed by atoms with Crippen molar-refractivity contribution in [3.8, 4) is 0 Å². The number of fused-ring (bicyclic) bond motifs is 3. The number of para-hydroxylation sites is 1. The lowest BCUT2D eigenvalue weighted by Gasteiger charge is -2.47. The Labute approximate surface area is 190 Å². The molecule has 1 amide bonds. The summed E-state index contributed by atoms with van der Waals surface area (Å²) in [7, 11) is 2.24. The summed E-state index contributed by atoms with van der Waals surface area (Å²) in [6.45, 7) is 6.54. The molecule has 3 aliphatic heterocycles. The van der Waals surface area contributed by atoms with Gasteiger partial charge >= 0.3 is 0 Å². The summed E-state index contributed by atoms with van der Waals surface area (Å²) in [5.41, 5.74) is 1.93. The molecule has 7 heteroatoms. The summed E-state index contributed by atoms with van der Waals surface area (Å²) in [5.74, 6) is 0.521. The Morgan fingerprint density at radius 2 is 2.03 bits per heavy atom. The van der Waals surface area contributed by atoms with E-state index in [-0.39, 0.29) is 18.0 Å². The Hall–Kier alpha value is -2.12. The number of nitrogens with one attached hydrogen (secondary N) is 1. The summed E-state index contributed by atoms with van der Waals surface area (Å²) in [4.78, 5) is 22.8. The molecule has 5 rings (SSSR count). The van der Waals surface area contributed by atoms with Gasteiger partial charge in [-0.3, -0.25) is 4.79 Å². The standard InChI is InChI=1S/C25H36N4O3/c1-16(2)12-20-15-31-11-10-29(20)25-27-23-21(8-5-9-22(23)32-25)24(30)26-17-13-18-6-4-7-19(14-17)28(18)3/h5,8-9,16-20H,4,6-7,10-15H2,1-3H3,(H,26,30)/t17?,18-,19+,20-/m0/s1. The zero-order valence-electron chi connectivity index (χ0n) is 19.5. The minimum absolute atomic E-state index is 0.0382. The highest BCUT2D eigenvalue weighted by Gasteiger charge is 2.37. The lowest BCUT2D eigenvalue weighted by molar-refractivity contribution is 0.0463. The Morgan fingerprint density at radius 1 is 1.25 bits per heavy atom. The van der Waals surface area contributed by atoms with Gasteiger partial charge in [-0.1, -0.05) is 26.3 Å². The van der Waals surface area contributed by atoms with Crippen LogP contribution in [-0.2, 0) is 4.74 Å². The quantitative estimate of drug-likeness (QED) is 0.762. The molecule has 1 aromatic heterocycles. The second-order valence-corrected chi connectivity index (χ2v) is 10.2. The van der Waals surface area contributed by atoms with Gasteiger partial charge in [0.2, 0.25) is 0 Å². The first kappa shape index (κ1) is 21.7. The average molecular weight is 441 g/mol. The van der Waals surface area contributed by atoms with Crippen molar-refractivity contribution < 1.29 is 13.9 Å². The first-order valence-corrected chi connectivity index (χ1v) is 12.3. The molecule has 4 atom stereocenters. The predicted octanol–water partition coefficient (Wildman–Crippen LogP) is 3.82. The molecule has 174 valence electrons. The van der Waals surface area contributed by atoms with Crippen molar-refractivity contribution in [2.75, 3.05) is 31.7 Å². The van der Waals surface area contributed by atoms with Crippen LogP contribution in [0.1, 0.15) is 62.7 Å². The smallest absolute Gasteiger partial charge is 0.298 e. The molecule has 2 aromatic rings. The van der Waals surface area contributed by atoms with Gasteiger partial charge in [0.05, 0.1) is 24.8 Å². The SMILES string of the molecule is CC(C)C[C@H]1COCCN1c1nc2c(C(=O)NC3C[C@H]4CCC[C@@H](C3)N4C)cccc2o1. The van der Waals surface area contributed by atoms with E-state index in [1.165, 1.54) is 19.3 Å². The van der Waals surface area contributed by atoms with Crippen molar-refractivity contribution in [1.82, 2.24) is 15.2 Å². The number of carbonyl (C=O) groups excluding carboxylic acids is 1. The van der Waals surface area contributed by atoms with E-state index in [2.05, 4.69) is 36.0 Å². The summed E-state index contributed by atoms with van der Waals surface area (Å²) in [5, 5.41) is 3.32. The zero-order chi connectivity index (χ0) is 22.2. The van der Waals surface area contributed by atoms with Gasteiger partial charge in [-0.15, -0.1) is 0 Å². The molecule has 4 heterocycles. The number of oxazole rings is 1. The van der Waals surface area contributed by atoms with Gasteiger partial charge in [0.15, 0.2) is 5.58 Å². The minimum atomic E-state index is -0.0382. The fourth-order valence-corrected chi connectivity index (χ4v) is 5.89. The average Bonchev–Trinajstić information content (AvgIpc) is 3.18. The number of aromatic nitrogens is 1. The number of hydrogen-bond donors (Lipinski definition) is 1. The molecular formula is C25H36N4O3. The number of rotatable bonds is 5. The van der Waals surface area contributed by atoms with E-state index in [1.807, 2.05) is 18.2 Å². The van der Waals surface area contributed by atoms with Gasteiger partial charge in [0.25, 0.3) is 11.9 Å². The molecule has 3 aliphatic rings. The number of hydrogen-bond acceptors (Lipinski definition) is 6. The molecule has 0 radical (unpaired) electrons. The Bertz CT molecular complexity index is 944. The van der Waals surface area contributed by atoms with Gasteiger partial charge in [0, 0.05) is 24.7 Å². The van der Waals surface area contributed by atoms with E-state index < -0.39 is 0 Å². The third kappa shape index (κ3) is 4.25. The van der Waals surface area contributed by atoms with Gasteiger partial charge in [0.1, 0.15) is 5.52 Å². The molecule has 1 N–H and O–H groups in total. The second kappa shape index (κ2) is 9.02. The number of nitrogens with zero attached hydrogens (tertiary/aromatic N) is 3. The van der Waals surface area contributed by atoms with Crippen LogP contribution in [0.3, 0.4) is 0 Å². The number of anilines is 1. The summed E-state index contributed by atoms with van der Waals surface area (Å²) >= 11 is 0. The zero-order valence-corrected chi connectivity index (χ0v) is 19.5. The van der Waals surface area contributed by atoms with E-state index in [0.29, 0.717) is 53.9 Å². The highest BCUT2D eigenvalue weighted by atomic mass is 16.5. The Morgan fingerprint density at radius 3 is 2.78 bits per heavy atom. The first-order valence-electron chi connectivity index (χ1n) is 12.3. The van der Waals surface area contributed by atoms with Crippen molar-refractivity contribution in [2.24, 2.45) is 5.92 Å². The van der Waals surface area contributed by atoms with Crippen LogP contribution >= 0.6 is 0 Å². The van der Waals surface area contributed by atoms with E-state index in [9.17, 15) is 4.79 Å². The van der Waals surface area contributed by atoms with E-state index in [0.717, 1.165) is 25.8 Å². The number of amides is 1. The number of benzene rings is 1. The number of morpholine rings is 1. The number of carbonyl (C=O) groups is 1. The van der Waals surface area contributed by atoms with Crippen molar-refractivity contribution in [3.63, 3.8) is 0 Å². The lowest BCUT2D eigenvalue weighted by atomic mass is 9.82. The van der Waals surface area contributed by atoms with Gasteiger partial charge in [-0.05, 0) is 57.2 Å². The van der Waals surface area contributed by atoms with Crippen LogP contribution in [0.4, 0.5) is 6.01 Å². The van der Waals surface area contributed by atoms with Gasteiger partial charge in [-0.25, -0.2) is 0 Å². The fourth-order valence-electron chi connectivity index (χ4n) is 5.89. The van der Waals surface area contributed by atoms with Gasteiger partial charge in [-0.2, -0.15) is 4.98 Å². The largest absolute Gasteiger partial charge is 0.423 e. The van der Waals surface area contributed by atoms with Crippen molar-refractivity contribution in [2.45, 2.75) is 76.5 Å². The van der Waals surface area contributed by atoms with E-state index >= 15 is 0 Å². The van der Waals surface area contributed by atoms with Crippen LogP contribution < -0.4 is 10.2 Å². The Balaban J connectivity index is 1.35. The van der Waals surface area contributed by atoms with E-state index in [1.54, 1.807) is 0 Å². The van der Waals surface area contributed by atoms with Crippen molar-refractivity contribution in [1.29, 1.82) is 0 Å². The van der Waals surface area contributed by atoms with Crippen LogP contribution in [0.2, 0.25) is 0 Å². The van der Waals surface area contributed by atoms with Gasteiger partial charge < -0.3 is 24.3 Å². The minimum Gasteiger partial charge on any atom is -0.423 e. The Kier molecular flexibility index (Phi) is 6.12. The summed E-state index contributed by atoms with van der Waals surface area (Å²) in [6.07, 6.45) is 6.86. The summed E-state index contributed by atoms with van der Waals surface area (Å²) in [6, 6.07) is 7.90. The van der Waals surface area contributed by atoms with Crippen LogP contribution in [0, 0.1) is 5.92 Å². The molecule has 1 aromatic carbocycles. The number of piperidine rings is 2. The third-order valence-electron chi connectivity index (χ3n) is 7.54. The van der Waals surface area contributed by atoms with Crippen LogP contribution in [-0.4, -0.2) is 66.8 Å². The summed E-state index contributed by atoms with van der Waals surface area (Å²) < 4.78 is 11.9. The maximum absolute atomic E-state index is 13.3. The first-order chi connectivity index (χ1) is 15.5. The topological polar surface area (TPSA) is 70.8 Å². The molecular weight excluding hydrogens is 404 g/mol. The van der Waals surface area contributed by atoms with Crippen LogP contribution in [0.25, 0.3) is 11.1 Å². The fraction of sp³-hybridized carbons (Fsp3) is 0.680. The predicted molar refractivity (Wildman–Crippen MR) is 125 cm³/mol. The number of ether oxygens (including phenoxy) is 1. The molecule has 3 fully saturated rings. The van der Waals surface area contributed by atoms with Crippen LogP contribution in [0.5, 0.6) is 0 Å². The van der Waals surface area contributed by atoms with E-state index in [4.69, 9.17) is 14.1 Å². The van der Waals surface area contributed by atoms with Crippen LogP contribution in [0.15, 0.2) is 22.6 Å². The van der Waals surface area contributed by atoms with Crippen molar-refractivity contribution in [3.05, 3.63) is 23.8 Å². The normalized spacial score (nSPS) is 28.9. The molecule has 32 heavy (non-hydrogen) atoms. The monoisotopic (exact) mass is 440 g/mol. The molecule has 0 saturated carbocycles. The maximum atomic E-state index is 13.3.